The number of carbonyl (C=O) groups is 2. The fraction of sp³-hybridized carbons (Fsp3) is 0.918. The molecule has 0 spiro atoms. The number of allylic oxidation sites excluding steroid dienone is 2. The number of ether oxygens (including phenoxy) is 1. The molecule has 0 aliphatic rings. The average Bonchev–Trinajstić information content (AvgIpc) is 3.18. The minimum Gasteiger partial charge on any atom is -0.466 e. The van der Waals surface area contributed by atoms with Crippen molar-refractivity contribution < 1.29 is 24.5 Å². The Labute approximate surface area is 342 Å². The summed E-state index contributed by atoms with van der Waals surface area (Å²) in [4.78, 5) is 24.4. The third-order valence-corrected chi connectivity index (χ3v) is 11.3. The Hall–Kier alpha value is -1.40. The molecule has 6 heteroatoms. The molecule has 0 radical (unpaired) electrons. The summed E-state index contributed by atoms with van der Waals surface area (Å²) in [7, 11) is 0. The zero-order valence-electron chi connectivity index (χ0n) is 36.9. The summed E-state index contributed by atoms with van der Waals surface area (Å²) in [6.45, 7) is 4.87. The molecule has 0 aromatic heterocycles. The van der Waals surface area contributed by atoms with Gasteiger partial charge >= 0.3 is 5.97 Å². The molecule has 0 rings (SSSR count). The standard InChI is InChI=1S/C49H95NO5/c1-3-5-7-9-11-13-15-16-17-18-19-20-21-22-23-27-31-35-39-43-49(54)55-44-40-36-32-28-24-26-30-34-38-42-48(53)50-46(45-51)47(52)41-37-33-29-25-14-12-10-8-6-4-2/h16-17,46-47,51-52H,3-15,18-45H2,1-2H3,(H,50,53)/b17-16-. The number of nitrogens with one attached hydrogen (secondary N) is 1. The maximum atomic E-state index is 12.4. The second-order valence-corrected chi connectivity index (χ2v) is 16.8. The molecule has 0 aliphatic carbocycles. The van der Waals surface area contributed by atoms with E-state index in [1.807, 2.05) is 0 Å². The molecule has 0 saturated carbocycles. The van der Waals surface area contributed by atoms with Crippen molar-refractivity contribution in [2.75, 3.05) is 13.2 Å². The van der Waals surface area contributed by atoms with Gasteiger partial charge < -0.3 is 20.3 Å². The van der Waals surface area contributed by atoms with E-state index in [0.29, 0.717) is 25.9 Å². The summed E-state index contributed by atoms with van der Waals surface area (Å²) >= 11 is 0. The highest BCUT2D eigenvalue weighted by atomic mass is 16.5. The van der Waals surface area contributed by atoms with Crippen LogP contribution in [0.25, 0.3) is 0 Å². The number of aliphatic hydroxyl groups excluding tert-OH is 2. The molecule has 0 aliphatic heterocycles. The Morgan fingerprint density at radius 3 is 1.29 bits per heavy atom. The number of amides is 1. The van der Waals surface area contributed by atoms with Crippen molar-refractivity contribution in [3.05, 3.63) is 12.2 Å². The van der Waals surface area contributed by atoms with Gasteiger partial charge in [-0.1, -0.05) is 212 Å². The third kappa shape index (κ3) is 42.0. The predicted molar refractivity (Wildman–Crippen MR) is 237 cm³/mol. The van der Waals surface area contributed by atoms with Crippen LogP contribution >= 0.6 is 0 Å². The Kier molecular flexibility index (Phi) is 44.2. The van der Waals surface area contributed by atoms with Crippen LogP contribution in [-0.4, -0.2) is 47.4 Å². The molecule has 6 nitrogen and oxygen atoms in total. The average molecular weight is 778 g/mol. The van der Waals surface area contributed by atoms with Gasteiger partial charge in [0, 0.05) is 12.8 Å². The van der Waals surface area contributed by atoms with E-state index in [2.05, 4.69) is 31.3 Å². The fourth-order valence-corrected chi connectivity index (χ4v) is 7.51. The summed E-state index contributed by atoms with van der Waals surface area (Å²) in [6.07, 6.45) is 50.3. The first-order valence-electron chi connectivity index (χ1n) is 24.4. The normalized spacial score (nSPS) is 12.7. The maximum Gasteiger partial charge on any atom is 0.305 e. The lowest BCUT2D eigenvalue weighted by atomic mass is 10.0. The second kappa shape index (κ2) is 45.3. The molecular weight excluding hydrogens is 683 g/mol. The van der Waals surface area contributed by atoms with Crippen LogP contribution in [0.15, 0.2) is 12.2 Å². The van der Waals surface area contributed by atoms with Gasteiger partial charge in [-0.05, 0) is 51.4 Å². The van der Waals surface area contributed by atoms with Gasteiger partial charge in [0.2, 0.25) is 5.91 Å². The highest BCUT2D eigenvalue weighted by Crippen LogP contribution is 2.16. The smallest absolute Gasteiger partial charge is 0.305 e. The summed E-state index contributed by atoms with van der Waals surface area (Å²) in [5.74, 6) is -0.0898. The van der Waals surface area contributed by atoms with E-state index >= 15 is 0 Å². The van der Waals surface area contributed by atoms with E-state index < -0.39 is 12.1 Å². The molecule has 55 heavy (non-hydrogen) atoms. The van der Waals surface area contributed by atoms with Gasteiger partial charge in [0.05, 0.1) is 25.4 Å². The van der Waals surface area contributed by atoms with Crippen molar-refractivity contribution in [3.63, 3.8) is 0 Å². The van der Waals surface area contributed by atoms with Crippen LogP contribution in [-0.2, 0) is 14.3 Å². The fourth-order valence-electron chi connectivity index (χ4n) is 7.51. The SMILES string of the molecule is CCCCCCCC/C=C\CCCCCCCCCCCC(=O)OCCCCCCCCCCCC(=O)NC(CO)C(O)CCCCCCCCCCCC. The predicted octanol–water partition coefficient (Wildman–Crippen LogP) is 14.2. The molecule has 0 bridgehead atoms. The van der Waals surface area contributed by atoms with E-state index in [-0.39, 0.29) is 18.5 Å². The first-order chi connectivity index (χ1) is 27.0. The van der Waals surface area contributed by atoms with E-state index in [1.165, 1.54) is 173 Å². The molecule has 3 N–H and O–H groups in total. The lowest BCUT2D eigenvalue weighted by Gasteiger charge is -2.22. The number of esters is 1. The Bertz CT molecular complexity index is 817. The largest absolute Gasteiger partial charge is 0.466 e. The van der Waals surface area contributed by atoms with Crippen molar-refractivity contribution in [1.82, 2.24) is 5.32 Å². The first-order valence-corrected chi connectivity index (χ1v) is 24.4. The van der Waals surface area contributed by atoms with Crippen molar-refractivity contribution >= 4 is 11.9 Å². The quantitative estimate of drug-likeness (QED) is 0.0325. The van der Waals surface area contributed by atoms with E-state index in [1.54, 1.807) is 0 Å². The van der Waals surface area contributed by atoms with Crippen LogP contribution in [0.1, 0.15) is 264 Å². The number of unbranched alkanes of at least 4 members (excludes halogenated alkanes) is 32. The Balaban J connectivity index is 3.44. The van der Waals surface area contributed by atoms with Gasteiger partial charge in [-0.25, -0.2) is 0 Å². The van der Waals surface area contributed by atoms with Gasteiger partial charge in [-0.2, -0.15) is 0 Å². The van der Waals surface area contributed by atoms with Crippen molar-refractivity contribution in [2.45, 2.75) is 276 Å². The van der Waals surface area contributed by atoms with Crippen LogP contribution in [0.4, 0.5) is 0 Å². The highest BCUT2D eigenvalue weighted by Gasteiger charge is 2.20. The van der Waals surface area contributed by atoms with E-state index in [4.69, 9.17) is 4.74 Å². The minimum atomic E-state index is -0.679. The summed E-state index contributed by atoms with van der Waals surface area (Å²) in [5.41, 5.74) is 0. The lowest BCUT2D eigenvalue weighted by molar-refractivity contribution is -0.143. The molecule has 2 unspecified atom stereocenters. The molecular formula is C49H95NO5. The zero-order valence-corrected chi connectivity index (χ0v) is 36.9. The lowest BCUT2D eigenvalue weighted by Crippen LogP contribution is -2.45. The number of aliphatic hydroxyl groups is 2. The van der Waals surface area contributed by atoms with Gasteiger partial charge in [-0.15, -0.1) is 0 Å². The first kappa shape index (κ1) is 53.6. The Morgan fingerprint density at radius 2 is 0.855 bits per heavy atom. The number of hydrogen-bond acceptors (Lipinski definition) is 5. The van der Waals surface area contributed by atoms with Gasteiger partial charge in [0.15, 0.2) is 0 Å². The zero-order chi connectivity index (χ0) is 40.1. The summed E-state index contributed by atoms with van der Waals surface area (Å²) in [6, 6.07) is -0.559. The van der Waals surface area contributed by atoms with Crippen LogP contribution in [0.3, 0.4) is 0 Å². The number of rotatable bonds is 45. The van der Waals surface area contributed by atoms with Crippen molar-refractivity contribution in [3.8, 4) is 0 Å². The van der Waals surface area contributed by atoms with Gasteiger partial charge in [0.1, 0.15) is 0 Å². The molecule has 0 aromatic carbocycles. The summed E-state index contributed by atoms with van der Waals surface area (Å²) in [5, 5.41) is 23.1. The molecule has 0 saturated heterocycles. The molecule has 0 aromatic rings. The molecule has 0 fully saturated rings. The number of hydrogen-bond donors (Lipinski definition) is 3. The maximum absolute atomic E-state index is 12.4. The minimum absolute atomic E-state index is 0.0258. The van der Waals surface area contributed by atoms with E-state index in [0.717, 1.165) is 57.8 Å². The third-order valence-electron chi connectivity index (χ3n) is 11.3. The monoisotopic (exact) mass is 778 g/mol. The Morgan fingerprint density at radius 1 is 0.491 bits per heavy atom. The summed E-state index contributed by atoms with van der Waals surface area (Å²) < 4.78 is 5.46. The van der Waals surface area contributed by atoms with Crippen LogP contribution in [0, 0.1) is 0 Å². The molecule has 2 atom stereocenters. The topological polar surface area (TPSA) is 95.9 Å². The van der Waals surface area contributed by atoms with Crippen LogP contribution in [0.2, 0.25) is 0 Å². The van der Waals surface area contributed by atoms with Crippen LogP contribution < -0.4 is 5.32 Å². The van der Waals surface area contributed by atoms with Crippen molar-refractivity contribution in [1.29, 1.82) is 0 Å². The molecule has 0 heterocycles. The molecule has 1 amide bonds. The highest BCUT2D eigenvalue weighted by molar-refractivity contribution is 5.76. The van der Waals surface area contributed by atoms with Gasteiger partial charge in [-0.3, -0.25) is 9.59 Å². The van der Waals surface area contributed by atoms with Gasteiger partial charge in [0.25, 0.3) is 0 Å². The second-order valence-electron chi connectivity index (χ2n) is 16.8. The molecule has 326 valence electrons. The van der Waals surface area contributed by atoms with E-state index in [9.17, 15) is 19.8 Å². The number of carbonyl (C=O) groups excluding carboxylic acids is 2. The van der Waals surface area contributed by atoms with Crippen LogP contribution in [0.5, 0.6) is 0 Å². The van der Waals surface area contributed by atoms with Crippen molar-refractivity contribution in [2.24, 2.45) is 0 Å².